The lowest BCUT2D eigenvalue weighted by Gasteiger charge is -2.05. The molecule has 0 spiro atoms. The third-order valence-electron chi connectivity index (χ3n) is 4.99. The van der Waals surface area contributed by atoms with E-state index in [2.05, 4.69) is 20.2 Å². The van der Waals surface area contributed by atoms with Gasteiger partial charge in [-0.3, -0.25) is 4.79 Å². The molecule has 0 aliphatic carbocycles. The van der Waals surface area contributed by atoms with Gasteiger partial charge in [0.2, 0.25) is 5.82 Å². The largest absolute Gasteiger partial charge is 0.506 e. The number of nitrogens with one attached hydrogen (secondary N) is 1. The summed E-state index contributed by atoms with van der Waals surface area (Å²) in [5.74, 6) is 0.612. The second kappa shape index (κ2) is 7.13. The molecule has 9 heteroatoms. The van der Waals surface area contributed by atoms with Crippen molar-refractivity contribution in [2.75, 3.05) is 7.11 Å². The lowest BCUT2D eigenvalue weighted by atomic mass is 10.2. The Kier molecular flexibility index (Phi) is 4.28. The van der Waals surface area contributed by atoms with E-state index in [9.17, 15) is 9.90 Å². The monoisotopic (exact) mass is 415 g/mol. The smallest absolute Gasteiger partial charge is 0.267 e. The molecule has 0 saturated carbocycles. The van der Waals surface area contributed by atoms with Crippen LogP contribution in [0, 0.1) is 6.92 Å². The van der Waals surface area contributed by atoms with Gasteiger partial charge in [-0.2, -0.15) is 10.1 Å². The molecule has 2 aromatic carbocycles. The fourth-order valence-corrected chi connectivity index (χ4v) is 3.32. The Morgan fingerprint density at radius 2 is 1.84 bits per heavy atom. The number of aryl methyl sites for hydroxylation is 1. The number of pyridine rings is 1. The molecule has 0 amide bonds. The summed E-state index contributed by atoms with van der Waals surface area (Å²) >= 11 is 0. The number of benzene rings is 2. The highest BCUT2D eigenvalue weighted by Gasteiger charge is 2.22. The van der Waals surface area contributed by atoms with Crippen molar-refractivity contribution in [1.82, 2.24) is 24.9 Å². The van der Waals surface area contributed by atoms with Gasteiger partial charge in [0, 0.05) is 5.56 Å². The molecule has 0 unspecified atom stereocenters. The van der Waals surface area contributed by atoms with Crippen molar-refractivity contribution < 1.29 is 14.4 Å². The van der Waals surface area contributed by atoms with Crippen molar-refractivity contribution in [3.8, 4) is 40.0 Å². The number of fused-ring (bicyclic) bond motifs is 1. The standard InChI is InChI=1S/C22H17N5O4/c1-12-3-7-14(8-4-12)27-20-16(11-23-27)18(28)17(21(29)25-20)22-24-19(26-31-22)13-5-9-15(30-2)10-6-13/h3-11H,1-2H3,(H2,25,28,29). The number of ether oxygens (including phenoxy) is 1. The molecule has 9 nitrogen and oxygen atoms in total. The Hall–Kier alpha value is -4.40. The Labute approximate surface area is 175 Å². The van der Waals surface area contributed by atoms with Crippen molar-refractivity contribution >= 4 is 11.0 Å². The molecule has 0 bridgehead atoms. The van der Waals surface area contributed by atoms with Gasteiger partial charge in [-0.05, 0) is 43.3 Å². The molecule has 154 valence electrons. The first-order chi connectivity index (χ1) is 15.0. The van der Waals surface area contributed by atoms with E-state index in [1.165, 1.54) is 6.20 Å². The molecule has 31 heavy (non-hydrogen) atoms. The van der Waals surface area contributed by atoms with Crippen LogP contribution in [0.4, 0.5) is 0 Å². The van der Waals surface area contributed by atoms with E-state index in [0.717, 1.165) is 11.3 Å². The lowest BCUT2D eigenvalue weighted by Crippen LogP contribution is -2.11. The van der Waals surface area contributed by atoms with Crippen LogP contribution in [-0.4, -0.2) is 37.1 Å². The first kappa shape index (κ1) is 18.6. The second-order valence-corrected chi connectivity index (χ2v) is 6.98. The zero-order valence-corrected chi connectivity index (χ0v) is 16.7. The molecule has 0 fully saturated rings. The fraction of sp³-hybridized carbons (Fsp3) is 0.0909. The maximum absolute atomic E-state index is 12.8. The maximum Gasteiger partial charge on any atom is 0.267 e. The number of hydrogen-bond donors (Lipinski definition) is 2. The van der Waals surface area contributed by atoms with Crippen LogP contribution in [0.3, 0.4) is 0 Å². The topological polar surface area (TPSA) is 119 Å². The van der Waals surface area contributed by atoms with Crippen molar-refractivity contribution in [3.63, 3.8) is 0 Å². The van der Waals surface area contributed by atoms with Gasteiger partial charge < -0.3 is 19.4 Å². The first-order valence-corrected chi connectivity index (χ1v) is 9.43. The van der Waals surface area contributed by atoms with Gasteiger partial charge in [0.25, 0.3) is 11.4 Å². The number of aromatic nitrogens is 5. The lowest BCUT2D eigenvalue weighted by molar-refractivity contribution is 0.414. The predicted molar refractivity (Wildman–Crippen MR) is 113 cm³/mol. The first-order valence-electron chi connectivity index (χ1n) is 9.43. The number of aromatic amines is 1. The minimum Gasteiger partial charge on any atom is -0.506 e. The van der Waals surface area contributed by atoms with E-state index in [4.69, 9.17) is 9.26 Å². The van der Waals surface area contributed by atoms with Gasteiger partial charge in [0.1, 0.15) is 22.7 Å². The summed E-state index contributed by atoms with van der Waals surface area (Å²) < 4.78 is 12.0. The highest BCUT2D eigenvalue weighted by atomic mass is 16.5. The van der Waals surface area contributed by atoms with Gasteiger partial charge in [0.15, 0.2) is 0 Å². The average molecular weight is 415 g/mol. The molecular weight excluding hydrogens is 398 g/mol. The molecule has 3 heterocycles. The molecule has 0 saturated heterocycles. The number of H-pyrrole nitrogens is 1. The summed E-state index contributed by atoms with van der Waals surface area (Å²) in [6.07, 6.45) is 1.48. The number of aromatic hydroxyl groups is 1. The SMILES string of the molecule is COc1ccc(-c2noc(-c3c(O)c4cnn(-c5ccc(C)cc5)c4[nH]c3=O)n2)cc1. The molecule has 0 aliphatic rings. The molecule has 0 radical (unpaired) electrons. The third kappa shape index (κ3) is 3.12. The predicted octanol–water partition coefficient (Wildman–Crippen LogP) is 3.45. The molecule has 5 aromatic rings. The normalized spacial score (nSPS) is 11.2. The second-order valence-electron chi connectivity index (χ2n) is 6.98. The van der Waals surface area contributed by atoms with Crippen LogP contribution in [0.2, 0.25) is 0 Å². The quantitative estimate of drug-likeness (QED) is 0.461. The van der Waals surface area contributed by atoms with Gasteiger partial charge in [0.05, 0.1) is 24.4 Å². The van der Waals surface area contributed by atoms with E-state index >= 15 is 0 Å². The van der Waals surface area contributed by atoms with Crippen LogP contribution < -0.4 is 10.3 Å². The molecule has 3 aromatic heterocycles. The molecule has 5 rings (SSSR count). The summed E-state index contributed by atoms with van der Waals surface area (Å²) in [5.41, 5.74) is 2.22. The Morgan fingerprint density at radius 3 is 2.55 bits per heavy atom. The van der Waals surface area contributed by atoms with Crippen LogP contribution in [-0.2, 0) is 0 Å². The van der Waals surface area contributed by atoms with Gasteiger partial charge >= 0.3 is 0 Å². The van der Waals surface area contributed by atoms with Crippen LogP contribution in [0.15, 0.2) is 64.0 Å². The van der Waals surface area contributed by atoms with Crippen molar-refractivity contribution in [2.24, 2.45) is 0 Å². The van der Waals surface area contributed by atoms with Crippen molar-refractivity contribution in [3.05, 3.63) is 70.6 Å². The molecule has 2 N–H and O–H groups in total. The third-order valence-corrected chi connectivity index (χ3v) is 4.99. The number of hydrogen-bond acceptors (Lipinski definition) is 7. The highest BCUT2D eigenvalue weighted by Crippen LogP contribution is 2.33. The summed E-state index contributed by atoms with van der Waals surface area (Å²) in [6, 6.07) is 14.7. The summed E-state index contributed by atoms with van der Waals surface area (Å²) in [4.78, 5) is 19.9. The molecule has 0 aliphatic heterocycles. The Balaban J connectivity index is 1.59. The minimum absolute atomic E-state index is 0.0884. The Bertz CT molecular complexity index is 1450. The van der Waals surface area contributed by atoms with Crippen LogP contribution in [0.25, 0.3) is 39.6 Å². The summed E-state index contributed by atoms with van der Waals surface area (Å²) in [5, 5.41) is 19.4. The van der Waals surface area contributed by atoms with Crippen molar-refractivity contribution in [2.45, 2.75) is 6.92 Å². The van der Waals surface area contributed by atoms with Gasteiger partial charge in [-0.1, -0.05) is 22.9 Å². The van der Waals surface area contributed by atoms with Crippen LogP contribution >= 0.6 is 0 Å². The van der Waals surface area contributed by atoms with Crippen LogP contribution in [0.5, 0.6) is 11.5 Å². The minimum atomic E-state index is -0.566. The van der Waals surface area contributed by atoms with Gasteiger partial charge in [-0.25, -0.2) is 4.68 Å². The number of methoxy groups -OCH3 is 1. The van der Waals surface area contributed by atoms with Gasteiger partial charge in [-0.15, -0.1) is 0 Å². The zero-order valence-electron chi connectivity index (χ0n) is 16.7. The van der Waals surface area contributed by atoms with E-state index in [1.54, 1.807) is 36.1 Å². The summed E-state index contributed by atoms with van der Waals surface area (Å²) in [7, 11) is 1.58. The van der Waals surface area contributed by atoms with Crippen LogP contribution in [0.1, 0.15) is 5.56 Å². The number of nitrogens with zero attached hydrogens (tertiary/aromatic N) is 4. The maximum atomic E-state index is 12.8. The van der Waals surface area contributed by atoms with E-state index < -0.39 is 5.56 Å². The highest BCUT2D eigenvalue weighted by molar-refractivity contribution is 5.89. The molecular formula is C22H17N5O4. The van der Waals surface area contributed by atoms with E-state index in [0.29, 0.717) is 22.3 Å². The van der Waals surface area contributed by atoms with Crippen molar-refractivity contribution in [1.29, 1.82) is 0 Å². The fourth-order valence-electron chi connectivity index (χ4n) is 3.32. The summed E-state index contributed by atoms with van der Waals surface area (Å²) in [6.45, 7) is 1.98. The average Bonchev–Trinajstić information content (AvgIpc) is 3.42. The zero-order chi connectivity index (χ0) is 21.5. The van der Waals surface area contributed by atoms with E-state index in [1.807, 2.05) is 31.2 Å². The molecule has 0 atom stereocenters. The Morgan fingerprint density at radius 1 is 1.10 bits per heavy atom. The number of rotatable bonds is 4. The van der Waals surface area contributed by atoms with E-state index in [-0.39, 0.29) is 23.0 Å².